The molecule has 7 N–H and O–H groups in total. The largest absolute Gasteiger partial charge is 0.510 e. The number of rotatable bonds is 18. The third kappa shape index (κ3) is 10.1. The molecule has 0 radical (unpaired) electrons. The number of nitrogens with zero attached hydrogens (tertiary/aromatic N) is 3. The first kappa shape index (κ1) is 33.1. The molecule has 2 unspecified atom stereocenters. The molecule has 0 fully saturated rings. The molecule has 0 aliphatic carbocycles. The van der Waals surface area contributed by atoms with Gasteiger partial charge in [0.2, 0.25) is 12.6 Å². The van der Waals surface area contributed by atoms with Crippen LogP contribution in [0, 0.1) is 5.92 Å². The number of carbonyl (C=O) groups excluding carboxylic acids is 2. The van der Waals surface area contributed by atoms with Crippen LogP contribution in [0.5, 0.6) is 0 Å². The highest BCUT2D eigenvalue weighted by Crippen LogP contribution is 2.19. The molecule has 0 bridgehead atoms. The summed E-state index contributed by atoms with van der Waals surface area (Å²) in [7, 11) is 1.74. The van der Waals surface area contributed by atoms with Crippen molar-refractivity contribution in [3.8, 4) is 0 Å². The van der Waals surface area contributed by atoms with Crippen LogP contribution in [0.15, 0.2) is 18.6 Å². The van der Waals surface area contributed by atoms with E-state index in [1.54, 1.807) is 23.9 Å². The molecule has 0 saturated heterocycles. The van der Waals surface area contributed by atoms with Gasteiger partial charge in [0.15, 0.2) is 12.8 Å². The van der Waals surface area contributed by atoms with E-state index in [2.05, 4.69) is 20.6 Å². The fraction of sp³-hybridized carbons (Fsp3) is 0.667. The van der Waals surface area contributed by atoms with Crippen LogP contribution in [0.2, 0.25) is 0 Å². The number of nitrogens with one attached hydrogen (secondary N) is 2. The van der Waals surface area contributed by atoms with E-state index in [9.17, 15) is 35.1 Å². The van der Waals surface area contributed by atoms with Crippen LogP contribution in [0.4, 0.5) is 10.6 Å². The molecule has 40 heavy (non-hydrogen) atoms. The topological polar surface area (TPSA) is 227 Å². The second-order valence-corrected chi connectivity index (χ2v) is 8.96. The lowest BCUT2D eigenvalue weighted by Crippen LogP contribution is -2.48. The normalized spacial score (nSPS) is 15.3. The molecule has 1 amide bonds. The maximum Gasteiger partial charge on any atom is 0.510 e. The van der Waals surface area contributed by atoms with Crippen LogP contribution in [0.1, 0.15) is 26.7 Å². The van der Waals surface area contributed by atoms with E-state index >= 15 is 0 Å². The zero-order valence-corrected chi connectivity index (χ0v) is 22.7. The number of carbonyl (C=O) groups is 2. The maximum atomic E-state index is 12.5. The fourth-order valence-electron chi connectivity index (χ4n) is 3.46. The number of aliphatic hydroxyl groups excluding tert-OH is 4. The van der Waals surface area contributed by atoms with Crippen LogP contribution >= 0.6 is 0 Å². The van der Waals surface area contributed by atoms with Gasteiger partial charge in [-0.15, -0.1) is 0 Å². The first-order valence-corrected chi connectivity index (χ1v) is 12.7. The maximum absolute atomic E-state index is 12.5. The molecule has 0 aliphatic rings. The van der Waals surface area contributed by atoms with Gasteiger partial charge in [0.1, 0.15) is 17.8 Å². The molecule has 2 aromatic heterocycles. The summed E-state index contributed by atoms with van der Waals surface area (Å²) < 4.78 is 22.2. The summed E-state index contributed by atoms with van der Waals surface area (Å²) in [6, 6.07) is 1.79. The van der Waals surface area contributed by atoms with Crippen LogP contribution in [0.25, 0.3) is 11.0 Å². The van der Waals surface area contributed by atoms with Gasteiger partial charge in [-0.05, 0) is 32.8 Å². The van der Waals surface area contributed by atoms with Crippen molar-refractivity contribution >= 4 is 28.9 Å². The second-order valence-electron chi connectivity index (χ2n) is 8.96. The average Bonchev–Trinajstić information content (AvgIpc) is 3.33. The molecule has 16 heteroatoms. The minimum atomic E-state index is -2.16. The monoisotopic (exact) mass is 573 g/mol. The van der Waals surface area contributed by atoms with Crippen molar-refractivity contribution in [1.82, 2.24) is 19.9 Å². The van der Waals surface area contributed by atoms with Crippen molar-refractivity contribution in [3.05, 3.63) is 18.6 Å². The summed E-state index contributed by atoms with van der Waals surface area (Å²) in [6.45, 7) is 2.06. The van der Waals surface area contributed by atoms with Gasteiger partial charge in [0.25, 0.3) is 5.91 Å². The highest BCUT2D eigenvalue weighted by molar-refractivity contribution is 5.87. The molecular formula is C24H39N5O11. The Morgan fingerprint density at radius 2 is 1.82 bits per heavy atom. The Balaban J connectivity index is 1.70. The third-order valence-corrected chi connectivity index (χ3v) is 5.82. The summed E-state index contributed by atoms with van der Waals surface area (Å²) >= 11 is 0. The molecule has 0 aromatic carbocycles. The molecule has 2 aromatic rings. The van der Waals surface area contributed by atoms with Gasteiger partial charge in [-0.3, -0.25) is 9.36 Å². The number of aromatic nitrogens is 3. The predicted molar refractivity (Wildman–Crippen MR) is 139 cm³/mol. The summed E-state index contributed by atoms with van der Waals surface area (Å²) in [4.78, 5) is 32.7. The van der Waals surface area contributed by atoms with Gasteiger partial charge < -0.3 is 55.1 Å². The third-order valence-electron chi connectivity index (χ3n) is 5.82. The number of anilines is 1. The fourth-order valence-corrected chi connectivity index (χ4v) is 3.46. The molecule has 0 aliphatic heterocycles. The molecule has 226 valence electrons. The van der Waals surface area contributed by atoms with E-state index in [1.807, 2.05) is 0 Å². The van der Waals surface area contributed by atoms with Gasteiger partial charge in [-0.25, -0.2) is 14.8 Å². The molecule has 2 rings (SSSR count). The molecule has 2 heterocycles. The summed E-state index contributed by atoms with van der Waals surface area (Å²) in [6.07, 6.45) is -4.62. The van der Waals surface area contributed by atoms with Gasteiger partial charge in [-0.2, -0.15) is 0 Å². The van der Waals surface area contributed by atoms with E-state index in [-0.39, 0.29) is 26.5 Å². The molecule has 5 atom stereocenters. The van der Waals surface area contributed by atoms with Crippen molar-refractivity contribution < 1.29 is 54.1 Å². The summed E-state index contributed by atoms with van der Waals surface area (Å²) in [5, 5.41) is 54.1. The van der Waals surface area contributed by atoms with Crippen LogP contribution in [-0.2, 0) is 30.5 Å². The minimum absolute atomic E-state index is 0.0332. The van der Waals surface area contributed by atoms with Crippen molar-refractivity contribution in [3.63, 3.8) is 0 Å². The minimum Gasteiger partial charge on any atom is -0.434 e. The van der Waals surface area contributed by atoms with Gasteiger partial charge in [-0.1, -0.05) is 0 Å². The molecular weight excluding hydrogens is 534 g/mol. The van der Waals surface area contributed by atoms with Crippen LogP contribution in [0.3, 0.4) is 0 Å². The quantitative estimate of drug-likeness (QED) is 0.0637. The number of ether oxygens (including phenoxy) is 4. The van der Waals surface area contributed by atoms with Crippen LogP contribution < -0.4 is 10.6 Å². The van der Waals surface area contributed by atoms with E-state index in [0.717, 1.165) is 5.39 Å². The van der Waals surface area contributed by atoms with Crippen molar-refractivity contribution in [1.29, 1.82) is 0 Å². The summed E-state index contributed by atoms with van der Waals surface area (Å²) in [5.74, 6) is -0.811. The zero-order chi connectivity index (χ0) is 29.7. The summed E-state index contributed by atoms with van der Waals surface area (Å²) in [5.41, 5.74) is 0.586. The van der Waals surface area contributed by atoms with Crippen molar-refractivity contribution in [2.24, 2.45) is 5.92 Å². The number of unbranched alkanes of at least 4 members (excludes halogenated alkanes) is 1. The zero-order valence-electron chi connectivity index (χ0n) is 22.7. The van der Waals surface area contributed by atoms with Gasteiger partial charge >= 0.3 is 6.16 Å². The smallest absolute Gasteiger partial charge is 0.434 e. The van der Waals surface area contributed by atoms with Gasteiger partial charge in [0, 0.05) is 25.7 Å². The average molecular weight is 574 g/mol. The lowest BCUT2D eigenvalue weighted by atomic mass is 10.1. The van der Waals surface area contributed by atoms with E-state index in [4.69, 9.17) is 18.9 Å². The molecule has 0 spiro atoms. The Bertz CT molecular complexity index is 1050. The lowest BCUT2D eigenvalue weighted by molar-refractivity contribution is -0.278. The van der Waals surface area contributed by atoms with Crippen molar-refractivity contribution in [2.75, 3.05) is 38.7 Å². The highest BCUT2D eigenvalue weighted by Gasteiger charge is 2.32. The Morgan fingerprint density at radius 3 is 2.45 bits per heavy atom. The Labute approximate surface area is 230 Å². The number of hydrogen-bond acceptors (Lipinski definition) is 14. The number of aliphatic hydroxyl groups is 5. The first-order valence-electron chi connectivity index (χ1n) is 12.7. The van der Waals surface area contributed by atoms with E-state index in [0.29, 0.717) is 24.3 Å². The molecule has 16 nitrogen and oxygen atoms in total. The Kier molecular flexibility index (Phi) is 13.9. The number of fused-ring (bicyclic) bond motifs is 1. The number of amides is 1. The number of hydrogen-bond donors (Lipinski definition) is 7. The Morgan fingerprint density at radius 1 is 1.07 bits per heavy atom. The highest BCUT2D eigenvalue weighted by atomic mass is 16.7. The van der Waals surface area contributed by atoms with Crippen molar-refractivity contribution in [2.45, 2.75) is 64.3 Å². The second kappa shape index (κ2) is 16.9. The SMILES string of the molecule is CNc1ncnc2c1ccn2COC(=O)OCCCCNC(=O)C(OC(OC[C@H](CO)[C@H](C)O)C(O)O)[C@H](C)O. The molecule has 0 saturated carbocycles. The van der Waals surface area contributed by atoms with Gasteiger partial charge in [0.05, 0.1) is 37.4 Å². The Hall–Kier alpha value is -3.12. The van der Waals surface area contributed by atoms with Crippen LogP contribution in [-0.4, -0.2) is 116 Å². The lowest BCUT2D eigenvalue weighted by Gasteiger charge is -2.28. The van der Waals surface area contributed by atoms with E-state index in [1.165, 1.54) is 20.2 Å². The first-order chi connectivity index (χ1) is 19.1. The standard InChI is InChI=1S/C24H39N5O11/c1-14(31)16(10-30)11-38-23(22(34)35)40-18(15(2)32)21(33)26-7-4-5-9-37-24(36)39-13-29-8-6-17-19(25-3)27-12-28-20(17)29/h6,8,12,14-16,18,22-23,30-32,34-35H,4-5,7,9-11,13H2,1-3H3,(H,26,33)(H,25,27,28)/t14-,15-,16-,18?,23?/m0/s1. The van der Waals surface area contributed by atoms with E-state index < -0.39 is 55.5 Å². The predicted octanol–water partition coefficient (Wildman–Crippen LogP) is -1.11.